The third kappa shape index (κ3) is 6.04. The maximum atomic E-state index is 11.6. The van der Waals surface area contributed by atoms with E-state index in [9.17, 15) is 4.79 Å². The van der Waals surface area contributed by atoms with Gasteiger partial charge in [0.1, 0.15) is 6.73 Å². The number of rotatable bonds is 7. The molecule has 0 fully saturated rings. The monoisotopic (exact) mass is 396 g/mol. The standard InChI is InChI=1S/C12H21IN2O3Si/c1-5-18-12(16)11-10(13)8-15(14-11)9-17-6-7-19(2,3)4/h8H,5-7,9H2,1-4H3. The number of carbonyl (C=O) groups is 1. The van der Waals surface area contributed by atoms with E-state index in [0.29, 0.717) is 19.0 Å². The maximum Gasteiger partial charge on any atom is 0.359 e. The zero-order valence-electron chi connectivity index (χ0n) is 11.9. The van der Waals surface area contributed by atoms with E-state index in [2.05, 4.69) is 47.3 Å². The van der Waals surface area contributed by atoms with Gasteiger partial charge in [-0.05, 0) is 35.6 Å². The lowest BCUT2D eigenvalue weighted by atomic mass is 10.4. The van der Waals surface area contributed by atoms with Crippen molar-refractivity contribution in [3.05, 3.63) is 15.5 Å². The summed E-state index contributed by atoms with van der Waals surface area (Å²) in [6.45, 7) is 10.2. The fourth-order valence-corrected chi connectivity index (χ4v) is 2.74. The summed E-state index contributed by atoms with van der Waals surface area (Å²) in [6, 6.07) is 1.12. The SMILES string of the molecule is CCOC(=O)c1nn(COCC[Si](C)(C)C)cc1I. The van der Waals surface area contributed by atoms with Crippen LogP contribution in [0.1, 0.15) is 17.4 Å². The molecular formula is C12H21IN2O3Si. The molecule has 1 aromatic rings. The van der Waals surface area contributed by atoms with Crippen LogP contribution in [0.25, 0.3) is 0 Å². The number of nitrogens with zero attached hydrogens (tertiary/aromatic N) is 2. The van der Waals surface area contributed by atoms with Gasteiger partial charge in [0.25, 0.3) is 0 Å². The molecule has 0 saturated heterocycles. The van der Waals surface area contributed by atoms with Crippen molar-refractivity contribution in [1.82, 2.24) is 9.78 Å². The summed E-state index contributed by atoms with van der Waals surface area (Å²) in [5.74, 6) is -0.382. The Balaban J connectivity index is 2.48. The molecule has 19 heavy (non-hydrogen) atoms. The van der Waals surface area contributed by atoms with Crippen molar-refractivity contribution >= 4 is 36.6 Å². The minimum atomic E-state index is -1.06. The van der Waals surface area contributed by atoms with Crippen molar-refractivity contribution in [2.45, 2.75) is 39.3 Å². The Labute approximate surface area is 128 Å². The normalized spacial score (nSPS) is 11.6. The van der Waals surface area contributed by atoms with Crippen LogP contribution in [0.15, 0.2) is 6.20 Å². The number of halogens is 1. The predicted molar refractivity (Wildman–Crippen MR) is 85.0 cm³/mol. The smallest absolute Gasteiger partial charge is 0.359 e. The van der Waals surface area contributed by atoms with E-state index in [1.807, 2.05) is 0 Å². The second kappa shape index (κ2) is 7.39. The summed E-state index contributed by atoms with van der Waals surface area (Å²) in [5, 5.41) is 4.18. The van der Waals surface area contributed by atoms with Crippen LogP contribution in [0, 0.1) is 3.57 Å². The second-order valence-corrected chi connectivity index (χ2v) is 12.2. The van der Waals surface area contributed by atoms with E-state index in [0.717, 1.165) is 16.2 Å². The van der Waals surface area contributed by atoms with Gasteiger partial charge in [0.15, 0.2) is 5.69 Å². The molecule has 0 aromatic carbocycles. The molecule has 0 unspecified atom stereocenters. The van der Waals surface area contributed by atoms with E-state index >= 15 is 0 Å². The number of ether oxygens (including phenoxy) is 2. The Bertz CT molecular complexity index is 429. The molecule has 0 aliphatic heterocycles. The topological polar surface area (TPSA) is 53.3 Å². The van der Waals surface area contributed by atoms with Crippen LogP contribution >= 0.6 is 22.6 Å². The third-order valence-electron chi connectivity index (χ3n) is 2.41. The maximum absolute atomic E-state index is 11.6. The molecule has 108 valence electrons. The van der Waals surface area contributed by atoms with Gasteiger partial charge in [-0.25, -0.2) is 9.48 Å². The Kier molecular flexibility index (Phi) is 6.47. The molecule has 7 heteroatoms. The van der Waals surface area contributed by atoms with Crippen LogP contribution in [0.3, 0.4) is 0 Å². The number of hydrogen-bond donors (Lipinski definition) is 0. The molecular weight excluding hydrogens is 375 g/mol. The Morgan fingerprint density at radius 1 is 1.47 bits per heavy atom. The number of carbonyl (C=O) groups excluding carboxylic acids is 1. The lowest BCUT2D eigenvalue weighted by molar-refractivity contribution is 0.0510. The van der Waals surface area contributed by atoms with Gasteiger partial charge in [-0.1, -0.05) is 19.6 Å². The van der Waals surface area contributed by atoms with E-state index in [1.54, 1.807) is 17.8 Å². The zero-order valence-corrected chi connectivity index (χ0v) is 15.1. The Morgan fingerprint density at radius 2 is 2.16 bits per heavy atom. The predicted octanol–water partition coefficient (Wildman–Crippen LogP) is 2.98. The summed E-state index contributed by atoms with van der Waals surface area (Å²) >= 11 is 2.08. The van der Waals surface area contributed by atoms with Crippen LogP contribution in [0.5, 0.6) is 0 Å². The van der Waals surface area contributed by atoms with E-state index < -0.39 is 8.07 Å². The first kappa shape index (κ1) is 16.6. The first-order valence-corrected chi connectivity index (χ1v) is 11.1. The van der Waals surface area contributed by atoms with Gasteiger partial charge in [-0.15, -0.1) is 0 Å². The van der Waals surface area contributed by atoms with Gasteiger partial charge in [0.2, 0.25) is 0 Å². The van der Waals surface area contributed by atoms with Crippen molar-refractivity contribution < 1.29 is 14.3 Å². The highest BCUT2D eigenvalue weighted by Crippen LogP contribution is 2.12. The molecule has 0 amide bonds. The molecule has 1 rings (SSSR count). The summed E-state index contributed by atoms with van der Waals surface area (Å²) in [7, 11) is -1.06. The molecule has 0 radical (unpaired) electrons. The molecule has 1 heterocycles. The molecule has 0 N–H and O–H groups in total. The molecule has 5 nitrogen and oxygen atoms in total. The van der Waals surface area contributed by atoms with Crippen molar-refractivity contribution in [3.8, 4) is 0 Å². The average Bonchev–Trinajstić information content (AvgIpc) is 2.65. The first-order valence-electron chi connectivity index (χ1n) is 6.31. The fourth-order valence-electron chi connectivity index (χ4n) is 1.34. The molecule has 0 aliphatic carbocycles. The van der Waals surface area contributed by atoms with Crippen molar-refractivity contribution in [3.63, 3.8) is 0 Å². The lowest BCUT2D eigenvalue weighted by Gasteiger charge is -2.15. The minimum absolute atomic E-state index is 0.356. The molecule has 0 spiro atoms. The molecule has 1 aromatic heterocycles. The van der Waals surface area contributed by atoms with E-state index in [-0.39, 0.29) is 5.97 Å². The highest BCUT2D eigenvalue weighted by Gasteiger charge is 2.16. The van der Waals surface area contributed by atoms with Gasteiger partial charge in [0.05, 0.1) is 10.2 Å². The third-order valence-corrected chi connectivity index (χ3v) is 4.90. The van der Waals surface area contributed by atoms with Gasteiger partial charge in [-0.2, -0.15) is 5.10 Å². The summed E-state index contributed by atoms with van der Waals surface area (Å²) < 4.78 is 12.9. The molecule has 0 atom stereocenters. The zero-order chi connectivity index (χ0) is 14.5. The number of hydrogen-bond acceptors (Lipinski definition) is 4. The Hall–Kier alpha value is -0.413. The van der Waals surface area contributed by atoms with Crippen LogP contribution in [-0.2, 0) is 16.2 Å². The van der Waals surface area contributed by atoms with Gasteiger partial charge in [0, 0.05) is 20.9 Å². The van der Waals surface area contributed by atoms with Crippen LogP contribution < -0.4 is 0 Å². The summed E-state index contributed by atoms with van der Waals surface area (Å²) in [6.07, 6.45) is 1.79. The van der Waals surface area contributed by atoms with E-state index in [1.165, 1.54) is 0 Å². The van der Waals surface area contributed by atoms with Gasteiger partial charge < -0.3 is 9.47 Å². The number of aromatic nitrogens is 2. The average molecular weight is 396 g/mol. The van der Waals surface area contributed by atoms with Crippen molar-refractivity contribution in [1.29, 1.82) is 0 Å². The highest BCUT2D eigenvalue weighted by atomic mass is 127. The van der Waals surface area contributed by atoms with Gasteiger partial charge in [-0.3, -0.25) is 0 Å². The number of esters is 1. The first-order chi connectivity index (χ1) is 8.83. The van der Waals surface area contributed by atoms with E-state index in [4.69, 9.17) is 9.47 Å². The van der Waals surface area contributed by atoms with Crippen LogP contribution in [0.4, 0.5) is 0 Å². The second-order valence-electron chi connectivity index (χ2n) is 5.43. The summed E-state index contributed by atoms with van der Waals surface area (Å²) in [4.78, 5) is 11.6. The fraction of sp³-hybridized carbons (Fsp3) is 0.667. The van der Waals surface area contributed by atoms with Gasteiger partial charge >= 0.3 is 5.97 Å². The van der Waals surface area contributed by atoms with Crippen LogP contribution in [0.2, 0.25) is 25.7 Å². The molecule has 0 aliphatic rings. The Morgan fingerprint density at radius 3 is 2.74 bits per heavy atom. The minimum Gasteiger partial charge on any atom is -0.461 e. The largest absolute Gasteiger partial charge is 0.461 e. The molecule has 0 bridgehead atoms. The summed E-state index contributed by atoms with van der Waals surface area (Å²) in [5.41, 5.74) is 0.358. The quantitative estimate of drug-likeness (QED) is 0.308. The van der Waals surface area contributed by atoms with Crippen LogP contribution in [-0.4, -0.2) is 37.0 Å². The van der Waals surface area contributed by atoms with Crippen molar-refractivity contribution in [2.24, 2.45) is 0 Å². The molecule has 0 saturated carbocycles. The lowest BCUT2D eigenvalue weighted by Crippen LogP contribution is -2.22. The van der Waals surface area contributed by atoms with Crippen molar-refractivity contribution in [2.75, 3.05) is 13.2 Å². The highest BCUT2D eigenvalue weighted by molar-refractivity contribution is 14.1.